The summed E-state index contributed by atoms with van der Waals surface area (Å²) in [6.45, 7) is 4.43. The average molecular weight is 225 g/mol. The topological polar surface area (TPSA) is 24.1 Å². The average Bonchev–Trinajstić information content (AvgIpc) is 1.91. The van der Waals surface area contributed by atoms with Crippen molar-refractivity contribution in [3.05, 3.63) is 0 Å². The van der Waals surface area contributed by atoms with Crippen LogP contribution in [0.25, 0.3) is 0 Å². The zero-order valence-corrected chi connectivity index (χ0v) is 8.52. The number of nitrogens with one attached hydrogen (secondary N) is 2. The second-order valence-electron chi connectivity index (χ2n) is 1.97. The smallest absolute Gasteiger partial charge is 0.320 e. The molecule has 1 heterocycles. The summed E-state index contributed by atoms with van der Waals surface area (Å²) in [6.07, 6.45) is 1.24. The molecule has 0 aromatic rings. The van der Waals surface area contributed by atoms with E-state index in [2.05, 4.69) is 17.6 Å². The van der Waals surface area contributed by atoms with Crippen LogP contribution < -0.4 is 27.6 Å². The largest absolute Gasteiger partial charge is 1.00 e. The van der Waals surface area contributed by atoms with Gasteiger partial charge in [0.05, 0.1) is 0 Å². The molecule has 0 aromatic carbocycles. The number of rotatable bonds is 1. The minimum Gasteiger partial charge on any atom is -1.00 e. The molecule has 1 saturated heterocycles. The first-order valence-corrected chi connectivity index (χ1v) is 4.39. The summed E-state index contributed by atoms with van der Waals surface area (Å²) in [4.78, 5) is 0. The molecule has 1 aliphatic rings. The van der Waals surface area contributed by atoms with E-state index >= 15 is 0 Å². The van der Waals surface area contributed by atoms with E-state index in [9.17, 15) is 0 Å². The first-order valence-electron chi connectivity index (χ1n) is 3.41. The van der Waals surface area contributed by atoms with Crippen molar-refractivity contribution in [3.8, 4) is 0 Å². The lowest BCUT2D eigenvalue weighted by molar-refractivity contribution is -0.00000198. The molecule has 60 valence electrons. The van der Waals surface area contributed by atoms with Gasteiger partial charge in [0, 0.05) is 13.1 Å². The van der Waals surface area contributed by atoms with Gasteiger partial charge in [-0.1, -0.05) is 0 Å². The Kier molecular flexibility index (Phi) is 6.52. The monoisotopic (exact) mass is 224 g/mol. The van der Waals surface area contributed by atoms with Crippen LogP contribution in [0, 0.1) is 0 Å². The fraction of sp³-hybridized carbons (Fsp3) is 0.833. The van der Waals surface area contributed by atoms with Crippen molar-refractivity contribution < 1.29 is 17.0 Å². The highest BCUT2D eigenvalue weighted by Crippen LogP contribution is 1.80. The van der Waals surface area contributed by atoms with Crippen LogP contribution in [0.2, 0.25) is 0 Å². The van der Waals surface area contributed by atoms with Gasteiger partial charge in [-0.2, -0.15) is 0 Å². The molecule has 0 saturated carbocycles. The Hall–Kier alpha value is 0.490. The number of halogens is 1. The van der Waals surface area contributed by atoms with Crippen molar-refractivity contribution in [2.45, 2.75) is 13.3 Å². The summed E-state index contributed by atoms with van der Waals surface area (Å²) >= 11 is 1.85. The summed E-state index contributed by atoms with van der Waals surface area (Å²) in [6, 6.07) is 0. The van der Waals surface area contributed by atoms with Crippen molar-refractivity contribution in [2.24, 2.45) is 0 Å². The highest BCUT2D eigenvalue weighted by Gasteiger charge is 2.11. The SMILES string of the molecule is CC[S+]=C1NCCCN1.[Br-]. The third kappa shape index (κ3) is 3.61. The van der Waals surface area contributed by atoms with Gasteiger partial charge in [0.1, 0.15) is 0 Å². The van der Waals surface area contributed by atoms with E-state index in [0.29, 0.717) is 0 Å². The van der Waals surface area contributed by atoms with E-state index in [0.717, 1.165) is 18.8 Å². The van der Waals surface area contributed by atoms with Crippen molar-refractivity contribution in [1.82, 2.24) is 10.6 Å². The second kappa shape index (κ2) is 6.22. The van der Waals surface area contributed by atoms with Gasteiger partial charge in [0.2, 0.25) is 11.4 Å². The lowest BCUT2D eigenvalue weighted by Gasteiger charge is -2.08. The van der Waals surface area contributed by atoms with Crippen molar-refractivity contribution >= 4 is 16.5 Å². The van der Waals surface area contributed by atoms with Gasteiger partial charge in [0.15, 0.2) is 5.75 Å². The Bertz CT molecular complexity index is 108. The first kappa shape index (κ1) is 10.5. The van der Waals surface area contributed by atoms with Gasteiger partial charge in [0.25, 0.3) is 0 Å². The van der Waals surface area contributed by atoms with E-state index in [-0.39, 0.29) is 17.0 Å². The lowest BCUT2D eigenvalue weighted by Crippen LogP contribution is -3.00. The molecular formula is C6H13BrN2S. The zero-order chi connectivity index (χ0) is 6.53. The minimum absolute atomic E-state index is 0. The highest BCUT2D eigenvalue weighted by atomic mass is 79.9. The molecule has 1 aliphatic heterocycles. The van der Waals surface area contributed by atoms with E-state index in [1.165, 1.54) is 11.5 Å². The summed E-state index contributed by atoms with van der Waals surface area (Å²) in [5.41, 5.74) is 0. The lowest BCUT2D eigenvalue weighted by atomic mass is 10.4. The van der Waals surface area contributed by atoms with Gasteiger partial charge >= 0.3 is 5.11 Å². The fourth-order valence-corrected chi connectivity index (χ4v) is 1.50. The Labute approximate surface area is 76.5 Å². The third-order valence-corrected chi connectivity index (χ3v) is 2.08. The number of hydrogen-bond acceptors (Lipinski definition) is 0. The molecule has 1 fully saturated rings. The normalized spacial score (nSPS) is 17.9. The van der Waals surface area contributed by atoms with Crippen LogP contribution in [0.5, 0.6) is 0 Å². The summed E-state index contributed by atoms with van der Waals surface area (Å²) < 4.78 is 0. The maximum Gasteiger partial charge on any atom is 0.320 e. The number of hydrogen-bond donors (Lipinski definition) is 2. The van der Waals surface area contributed by atoms with Crippen LogP contribution >= 0.6 is 0 Å². The molecule has 0 spiro atoms. The van der Waals surface area contributed by atoms with Crippen molar-refractivity contribution in [2.75, 3.05) is 18.8 Å². The predicted octanol–water partition coefficient (Wildman–Crippen LogP) is -3.24. The van der Waals surface area contributed by atoms with Crippen LogP contribution in [0.1, 0.15) is 13.3 Å². The quantitative estimate of drug-likeness (QED) is 0.362. The summed E-state index contributed by atoms with van der Waals surface area (Å²) in [5.74, 6) is 1.15. The maximum atomic E-state index is 3.29. The van der Waals surface area contributed by atoms with Gasteiger partial charge in [-0.25, -0.2) is 10.6 Å². The van der Waals surface area contributed by atoms with Crippen LogP contribution in [0.15, 0.2) is 0 Å². The molecule has 0 atom stereocenters. The van der Waals surface area contributed by atoms with E-state index in [4.69, 9.17) is 0 Å². The fourth-order valence-electron chi connectivity index (χ4n) is 0.801. The van der Waals surface area contributed by atoms with Crippen LogP contribution in [0.3, 0.4) is 0 Å². The Morgan fingerprint density at radius 1 is 1.40 bits per heavy atom. The Morgan fingerprint density at radius 2 is 2.00 bits per heavy atom. The van der Waals surface area contributed by atoms with Gasteiger partial charge in [-0.3, -0.25) is 0 Å². The van der Waals surface area contributed by atoms with Crippen LogP contribution in [-0.2, 0) is 11.4 Å². The highest BCUT2D eigenvalue weighted by molar-refractivity contribution is 7.78. The molecule has 4 heteroatoms. The Morgan fingerprint density at radius 3 is 2.50 bits per heavy atom. The molecule has 0 aliphatic carbocycles. The zero-order valence-electron chi connectivity index (χ0n) is 6.11. The molecule has 0 bridgehead atoms. The molecule has 2 N–H and O–H groups in total. The Balaban J connectivity index is 0.000000810. The van der Waals surface area contributed by atoms with E-state index in [1.54, 1.807) is 0 Å². The summed E-state index contributed by atoms with van der Waals surface area (Å²) in [7, 11) is 0. The first-order chi connectivity index (χ1) is 4.43. The van der Waals surface area contributed by atoms with E-state index in [1.807, 2.05) is 11.4 Å². The summed E-state index contributed by atoms with van der Waals surface area (Å²) in [5, 5.41) is 7.83. The second-order valence-corrected chi connectivity index (χ2v) is 3.24. The molecule has 10 heavy (non-hydrogen) atoms. The standard InChI is InChI=1S/C6H13N2S.BrH/c1-2-9-6-7-4-3-5-8-6;/h7-8H,2-5H2,1H3;1H/q+1;/p-1. The third-order valence-electron chi connectivity index (χ3n) is 1.21. The predicted molar refractivity (Wildman–Crippen MR) is 43.5 cm³/mol. The molecule has 0 aromatic heterocycles. The maximum absolute atomic E-state index is 3.29. The molecule has 1 rings (SSSR count). The van der Waals surface area contributed by atoms with Crippen molar-refractivity contribution in [3.63, 3.8) is 0 Å². The van der Waals surface area contributed by atoms with Gasteiger partial charge in [-0.15, -0.1) is 0 Å². The molecular weight excluding hydrogens is 212 g/mol. The van der Waals surface area contributed by atoms with Gasteiger partial charge < -0.3 is 17.0 Å². The minimum atomic E-state index is 0. The molecule has 0 unspecified atom stereocenters. The van der Waals surface area contributed by atoms with Gasteiger partial charge in [-0.05, 0) is 13.3 Å². The molecule has 0 amide bonds. The molecule has 2 nitrogen and oxygen atoms in total. The van der Waals surface area contributed by atoms with Crippen LogP contribution in [-0.4, -0.2) is 24.0 Å². The van der Waals surface area contributed by atoms with Crippen molar-refractivity contribution in [1.29, 1.82) is 0 Å². The molecule has 0 radical (unpaired) electrons. The van der Waals surface area contributed by atoms with E-state index < -0.39 is 0 Å². The van der Waals surface area contributed by atoms with Crippen LogP contribution in [0.4, 0.5) is 0 Å².